The predicted molar refractivity (Wildman–Crippen MR) is 61.7 cm³/mol. The fourth-order valence-electron chi connectivity index (χ4n) is 0.975. The van der Waals surface area contributed by atoms with E-state index in [4.69, 9.17) is 5.26 Å². The van der Waals surface area contributed by atoms with Crippen molar-refractivity contribution >= 4 is 0 Å². The Labute approximate surface area is 87.4 Å². The van der Waals surface area contributed by atoms with Crippen molar-refractivity contribution in [1.82, 2.24) is 0 Å². The maximum Gasteiger partial charge on any atom is 0.0658 e. The second-order valence-corrected chi connectivity index (χ2v) is 3.12. The maximum atomic E-state index is 8.69. The zero-order valence-electron chi connectivity index (χ0n) is 9.11. The van der Waals surface area contributed by atoms with Gasteiger partial charge in [0, 0.05) is 5.92 Å². The third-order valence-corrected chi connectivity index (χ3v) is 1.94. The van der Waals surface area contributed by atoms with Gasteiger partial charge in [-0.25, -0.2) is 0 Å². The lowest BCUT2D eigenvalue weighted by Gasteiger charge is -1.97. The predicted octanol–water partition coefficient (Wildman–Crippen LogP) is 4.00. The highest BCUT2D eigenvalue weighted by Crippen LogP contribution is 2.06. The van der Waals surface area contributed by atoms with Gasteiger partial charge in [0.05, 0.1) is 6.07 Å². The Morgan fingerprint density at radius 2 is 1.71 bits per heavy atom. The monoisotopic (exact) mass is 189 g/mol. The van der Waals surface area contributed by atoms with Crippen molar-refractivity contribution in [2.24, 2.45) is 5.92 Å². The summed E-state index contributed by atoms with van der Waals surface area (Å²) in [5.41, 5.74) is 0. The number of allylic oxidation sites excluding steroid dienone is 6. The van der Waals surface area contributed by atoms with Gasteiger partial charge in [-0.1, -0.05) is 50.3 Å². The molecule has 0 heterocycles. The summed E-state index contributed by atoms with van der Waals surface area (Å²) < 4.78 is 0. The zero-order chi connectivity index (χ0) is 10.6. The molecule has 1 unspecified atom stereocenters. The quantitative estimate of drug-likeness (QED) is 0.579. The van der Waals surface area contributed by atoms with Crippen LogP contribution in [0.5, 0.6) is 0 Å². The number of hydrogen-bond donors (Lipinski definition) is 0. The lowest BCUT2D eigenvalue weighted by molar-refractivity contribution is 0.652. The van der Waals surface area contributed by atoms with Crippen molar-refractivity contribution in [3.63, 3.8) is 0 Å². The minimum Gasteiger partial charge on any atom is -0.198 e. The summed E-state index contributed by atoms with van der Waals surface area (Å²) >= 11 is 0. The highest BCUT2D eigenvalue weighted by molar-refractivity contribution is 5.11. The van der Waals surface area contributed by atoms with Crippen LogP contribution in [-0.4, -0.2) is 0 Å². The minimum atomic E-state index is 0.172. The molecule has 0 aromatic carbocycles. The van der Waals surface area contributed by atoms with Gasteiger partial charge in [-0.3, -0.25) is 0 Å². The smallest absolute Gasteiger partial charge is 0.0658 e. The van der Waals surface area contributed by atoms with E-state index in [1.54, 1.807) is 0 Å². The second-order valence-electron chi connectivity index (χ2n) is 3.12. The van der Waals surface area contributed by atoms with Crippen LogP contribution >= 0.6 is 0 Å². The molecule has 1 nitrogen and oxygen atoms in total. The molecule has 1 heteroatoms. The van der Waals surface area contributed by atoms with Gasteiger partial charge < -0.3 is 0 Å². The first-order valence-electron chi connectivity index (χ1n) is 5.23. The normalized spacial score (nSPS) is 14.1. The number of nitriles is 1. The molecule has 0 N–H and O–H groups in total. The zero-order valence-corrected chi connectivity index (χ0v) is 9.11. The third-order valence-electron chi connectivity index (χ3n) is 1.94. The Kier molecular flexibility index (Phi) is 8.89. The van der Waals surface area contributed by atoms with Crippen LogP contribution in [0.4, 0.5) is 0 Å². The summed E-state index contributed by atoms with van der Waals surface area (Å²) in [5, 5.41) is 8.69. The van der Waals surface area contributed by atoms with Crippen LogP contribution in [0.25, 0.3) is 0 Å². The Hall–Kier alpha value is -1.29. The van der Waals surface area contributed by atoms with Crippen molar-refractivity contribution in [3.05, 3.63) is 36.5 Å². The lowest BCUT2D eigenvalue weighted by Crippen LogP contribution is -1.90. The molecule has 0 amide bonds. The first-order chi connectivity index (χ1) is 6.85. The van der Waals surface area contributed by atoms with E-state index in [1.165, 1.54) is 0 Å². The topological polar surface area (TPSA) is 23.8 Å². The first kappa shape index (κ1) is 12.7. The molecule has 0 aliphatic rings. The summed E-state index contributed by atoms with van der Waals surface area (Å²) in [5.74, 6) is 0.172. The third kappa shape index (κ3) is 7.36. The molecular formula is C13H19N. The molecule has 0 bridgehead atoms. The van der Waals surface area contributed by atoms with Gasteiger partial charge >= 0.3 is 0 Å². The van der Waals surface area contributed by atoms with Crippen LogP contribution in [0.1, 0.15) is 33.1 Å². The molecular weight excluding hydrogens is 170 g/mol. The number of hydrogen-bond acceptors (Lipinski definition) is 1. The fraction of sp³-hybridized carbons (Fsp3) is 0.462. The Morgan fingerprint density at radius 3 is 2.21 bits per heavy atom. The molecule has 0 spiro atoms. The average Bonchev–Trinajstić information content (AvgIpc) is 2.22. The van der Waals surface area contributed by atoms with Crippen molar-refractivity contribution in [2.45, 2.75) is 33.1 Å². The second kappa shape index (κ2) is 9.80. The van der Waals surface area contributed by atoms with Gasteiger partial charge in [0.2, 0.25) is 0 Å². The molecule has 1 atom stereocenters. The molecule has 0 radical (unpaired) electrons. The van der Waals surface area contributed by atoms with Gasteiger partial charge in [0.25, 0.3) is 0 Å². The molecule has 0 aliphatic heterocycles. The summed E-state index contributed by atoms with van der Waals surface area (Å²) in [4.78, 5) is 0. The molecule has 0 aliphatic carbocycles. The molecule has 76 valence electrons. The van der Waals surface area contributed by atoms with Gasteiger partial charge in [-0.15, -0.1) is 0 Å². The average molecular weight is 189 g/mol. The van der Waals surface area contributed by atoms with Crippen LogP contribution < -0.4 is 0 Å². The molecule has 0 rings (SSSR count). The summed E-state index contributed by atoms with van der Waals surface area (Å²) in [6, 6.07) is 2.27. The van der Waals surface area contributed by atoms with E-state index in [2.05, 4.69) is 19.1 Å². The van der Waals surface area contributed by atoms with Crippen LogP contribution in [0.3, 0.4) is 0 Å². The van der Waals surface area contributed by atoms with E-state index in [0.717, 1.165) is 19.3 Å². The van der Waals surface area contributed by atoms with Gasteiger partial charge in [0.1, 0.15) is 0 Å². The molecule has 0 fully saturated rings. The van der Waals surface area contributed by atoms with Crippen molar-refractivity contribution in [1.29, 1.82) is 5.26 Å². The molecule has 0 aromatic rings. The molecule has 0 saturated carbocycles. The summed E-state index contributed by atoms with van der Waals surface area (Å²) in [6.45, 7) is 4.15. The molecule has 0 aromatic heterocycles. The maximum absolute atomic E-state index is 8.69. The molecule has 14 heavy (non-hydrogen) atoms. The first-order valence-corrected chi connectivity index (χ1v) is 5.23. The van der Waals surface area contributed by atoms with E-state index < -0.39 is 0 Å². The van der Waals surface area contributed by atoms with E-state index >= 15 is 0 Å². The van der Waals surface area contributed by atoms with Crippen LogP contribution in [0.15, 0.2) is 36.5 Å². The van der Waals surface area contributed by atoms with Crippen LogP contribution in [0.2, 0.25) is 0 Å². The van der Waals surface area contributed by atoms with Gasteiger partial charge in [0.15, 0.2) is 0 Å². The fourth-order valence-corrected chi connectivity index (χ4v) is 0.975. The van der Waals surface area contributed by atoms with Crippen LogP contribution in [0, 0.1) is 17.2 Å². The highest BCUT2D eigenvalue weighted by Gasteiger charge is 1.98. The standard InChI is InChI=1S/C13H19N/c1-3-5-6-7-8-9-10-11-13(4-2)12-14/h5-10,13H,3-4,11H2,1-2H3/b6-5-,8-7+,10-9+. The van der Waals surface area contributed by atoms with Crippen molar-refractivity contribution in [2.75, 3.05) is 0 Å². The number of rotatable bonds is 6. The Morgan fingerprint density at radius 1 is 1.07 bits per heavy atom. The van der Waals surface area contributed by atoms with Gasteiger partial charge in [-0.2, -0.15) is 5.26 Å². The summed E-state index contributed by atoms with van der Waals surface area (Å²) in [6.07, 6.45) is 15.0. The van der Waals surface area contributed by atoms with Crippen molar-refractivity contribution in [3.8, 4) is 6.07 Å². The van der Waals surface area contributed by atoms with E-state index in [-0.39, 0.29) is 5.92 Å². The SMILES string of the molecule is CC\C=C/C=C/C=C/CC(C#N)CC. The van der Waals surface area contributed by atoms with Crippen LogP contribution in [-0.2, 0) is 0 Å². The van der Waals surface area contributed by atoms with E-state index in [0.29, 0.717) is 0 Å². The largest absolute Gasteiger partial charge is 0.198 e. The van der Waals surface area contributed by atoms with Gasteiger partial charge in [-0.05, 0) is 19.3 Å². The minimum absolute atomic E-state index is 0.172. The lowest BCUT2D eigenvalue weighted by atomic mass is 10.0. The highest BCUT2D eigenvalue weighted by atomic mass is 14.3. The molecule has 0 saturated heterocycles. The number of nitrogens with zero attached hydrogens (tertiary/aromatic N) is 1. The van der Waals surface area contributed by atoms with Crippen molar-refractivity contribution < 1.29 is 0 Å². The summed E-state index contributed by atoms with van der Waals surface area (Å²) in [7, 11) is 0. The Balaban J connectivity index is 3.68. The Bertz CT molecular complexity index is 240. The van der Waals surface area contributed by atoms with E-state index in [9.17, 15) is 0 Å². The van der Waals surface area contributed by atoms with E-state index in [1.807, 2.05) is 37.3 Å².